The lowest BCUT2D eigenvalue weighted by Gasteiger charge is -2.05. The van der Waals surface area contributed by atoms with Crippen molar-refractivity contribution >= 4 is 33.5 Å². The molecule has 0 spiro atoms. The molecule has 1 rings (SSSR count). The fraction of sp³-hybridized carbons (Fsp3) is 0.417. The molecule has 0 fully saturated rings. The van der Waals surface area contributed by atoms with Crippen LogP contribution in [0.15, 0.2) is 28.7 Å². The van der Waals surface area contributed by atoms with E-state index in [2.05, 4.69) is 29.8 Å². The van der Waals surface area contributed by atoms with Gasteiger partial charge in [0.2, 0.25) is 0 Å². The van der Waals surface area contributed by atoms with Gasteiger partial charge in [-0.25, -0.2) is 0 Å². The third-order valence-electron chi connectivity index (χ3n) is 1.92. The van der Waals surface area contributed by atoms with Crippen molar-refractivity contribution < 1.29 is 4.79 Å². The van der Waals surface area contributed by atoms with Gasteiger partial charge in [0, 0.05) is 10.9 Å². The summed E-state index contributed by atoms with van der Waals surface area (Å²) in [5, 5.41) is 0.521. The molecule has 0 aliphatic carbocycles. The number of hydrogen-bond acceptors (Lipinski definition) is 2. The minimum absolute atomic E-state index is 0.292. The quantitative estimate of drug-likeness (QED) is 0.821. The van der Waals surface area contributed by atoms with Crippen molar-refractivity contribution in [2.75, 3.05) is 5.75 Å². The first-order valence-corrected chi connectivity index (χ1v) is 6.80. The van der Waals surface area contributed by atoms with E-state index in [1.165, 1.54) is 0 Å². The van der Waals surface area contributed by atoms with Crippen LogP contribution in [0.1, 0.15) is 19.4 Å². The van der Waals surface area contributed by atoms with Crippen molar-refractivity contribution in [3.05, 3.63) is 34.3 Å². The predicted octanol–water partition coefficient (Wildman–Crippen LogP) is 3.70. The molecule has 0 aliphatic heterocycles. The Hall–Kier alpha value is -0.280. The van der Waals surface area contributed by atoms with E-state index in [1.54, 1.807) is 11.8 Å². The van der Waals surface area contributed by atoms with Crippen LogP contribution < -0.4 is 0 Å². The Bertz CT molecular complexity index is 336. The molecule has 1 aromatic rings. The van der Waals surface area contributed by atoms with Crippen LogP contribution in [0.2, 0.25) is 0 Å². The molecular weight excluding hydrogens is 272 g/mol. The molecule has 0 N–H and O–H groups in total. The molecule has 0 amide bonds. The summed E-state index contributed by atoms with van der Waals surface area (Å²) < 4.78 is 1.02. The first-order chi connectivity index (χ1) is 7.09. The van der Waals surface area contributed by atoms with Gasteiger partial charge in [-0.1, -0.05) is 48.0 Å². The van der Waals surface area contributed by atoms with Crippen LogP contribution in [0, 0.1) is 0 Å². The highest BCUT2D eigenvalue weighted by Crippen LogP contribution is 2.18. The van der Waals surface area contributed by atoms with Crippen LogP contribution in [-0.4, -0.2) is 16.8 Å². The second-order valence-electron chi connectivity index (χ2n) is 3.67. The van der Waals surface area contributed by atoms with Gasteiger partial charge < -0.3 is 0 Å². The van der Waals surface area contributed by atoms with Crippen LogP contribution in [0.4, 0.5) is 0 Å². The normalized spacial score (nSPS) is 10.7. The summed E-state index contributed by atoms with van der Waals surface area (Å²) in [5.74, 6) is 0.902. The van der Waals surface area contributed by atoms with Gasteiger partial charge in [0.25, 0.3) is 0 Å². The van der Waals surface area contributed by atoms with Gasteiger partial charge in [-0.05, 0) is 16.9 Å². The molecule has 0 aromatic heterocycles. The Morgan fingerprint density at radius 3 is 2.67 bits per heavy atom. The summed E-state index contributed by atoms with van der Waals surface area (Å²) in [6.07, 6.45) is 0.529. The molecule has 1 nitrogen and oxygen atoms in total. The molecule has 0 atom stereocenters. The lowest BCUT2D eigenvalue weighted by Crippen LogP contribution is -2.08. The third-order valence-corrected chi connectivity index (χ3v) is 3.85. The fourth-order valence-corrected chi connectivity index (χ4v) is 2.21. The number of thioether (sulfide) groups is 1. The van der Waals surface area contributed by atoms with Crippen LogP contribution in [-0.2, 0) is 11.2 Å². The van der Waals surface area contributed by atoms with Gasteiger partial charge in [-0.2, -0.15) is 11.8 Å². The topological polar surface area (TPSA) is 17.1 Å². The van der Waals surface area contributed by atoms with Crippen LogP contribution >= 0.6 is 27.7 Å². The average Bonchev–Trinajstić information content (AvgIpc) is 2.18. The smallest absolute Gasteiger partial charge is 0.147 e. The Morgan fingerprint density at radius 1 is 1.40 bits per heavy atom. The Kier molecular flexibility index (Phi) is 5.40. The van der Waals surface area contributed by atoms with Crippen molar-refractivity contribution in [3.63, 3.8) is 0 Å². The van der Waals surface area contributed by atoms with Crippen molar-refractivity contribution in [3.8, 4) is 0 Å². The molecule has 0 heterocycles. The summed E-state index contributed by atoms with van der Waals surface area (Å²) in [5.41, 5.74) is 1.08. The zero-order valence-electron chi connectivity index (χ0n) is 9.00. The number of benzene rings is 1. The number of carbonyl (C=O) groups is 1. The maximum absolute atomic E-state index is 11.6. The summed E-state index contributed by atoms with van der Waals surface area (Å²) in [6.45, 7) is 4.22. The standard InChI is InChI=1S/C12H15BrOS/c1-9(2)15-8-11(14)7-10-5-3-4-6-12(10)13/h3-6,9H,7-8H2,1-2H3. The number of Topliss-reactive ketones (excluding diaryl/α,β-unsaturated/α-hetero) is 1. The first-order valence-electron chi connectivity index (χ1n) is 4.96. The monoisotopic (exact) mass is 286 g/mol. The van der Waals surface area contributed by atoms with Gasteiger partial charge in [0.15, 0.2) is 0 Å². The third kappa shape index (κ3) is 4.85. The van der Waals surface area contributed by atoms with Crippen LogP contribution in [0.5, 0.6) is 0 Å². The highest BCUT2D eigenvalue weighted by Gasteiger charge is 2.07. The molecular formula is C12H15BrOS. The fourth-order valence-electron chi connectivity index (χ4n) is 1.16. The van der Waals surface area contributed by atoms with Gasteiger partial charge in [0.05, 0.1) is 5.75 Å². The predicted molar refractivity (Wildman–Crippen MR) is 70.4 cm³/mol. The van der Waals surface area contributed by atoms with E-state index in [9.17, 15) is 4.79 Å². The zero-order chi connectivity index (χ0) is 11.3. The van der Waals surface area contributed by atoms with Gasteiger partial charge in [0.1, 0.15) is 5.78 Å². The average molecular weight is 287 g/mol. The molecule has 0 radical (unpaired) electrons. The SMILES string of the molecule is CC(C)SCC(=O)Cc1ccccc1Br. The van der Waals surface area contributed by atoms with E-state index in [4.69, 9.17) is 0 Å². The highest BCUT2D eigenvalue weighted by molar-refractivity contribution is 9.10. The lowest BCUT2D eigenvalue weighted by atomic mass is 10.1. The Balaban J connectivity index is 2.48. The second-order valence-corrected chi connectivity index (χ2v) is 6.09. The zero-order valence-corrected chi connectivity index (χ0v) is 11.4. The van der Waals surface area contributed by atoms with E-state index in [0.29, 0.717) is 23.2 Å². The van der Waals surface area contributed by atoms with Gasteiger partial charge >= 0.3 is 0 Å². The molecule has 3 heteroatoms. The summed E-state index contributed by atoms with van der Waals surface area (Å²) in [7, 11) is 0. The van der Waals surface area contributed by atoms with E-state index < -0.39 is 0 Å². The van der Waals surface area contributed by atoms with Crippen LogP contribution in [0.25, 0.3) is 0 Å². The van der Waals surface area contributed by atoms with Gasteiger partial charge in [-0.3, -0.25) is 4.79 Å². The molecule has 82 valence electrons. The molecule has 0 aliphatic rings. The number of halogens is 1. The number of hydrogen-bond donors (Lipinski definition) is 0. The van der Waals surface area contributed by atoms with E-state index >= 15 is 0 Å². The van der Waals surface area contributed by atoms with E-state index in [0.717, 1.165) is 10.0 Å². The molecule has 1 aromatic carbocycles. The summed E-state index contributed by atoms with van der Waals surface area (Å²) in [6, 6.07) is 7.88. The summed E-state index contributed by atoms with van der Waals surface area (Å²) >= 11 is 5.15. The molecule has 0 saturated heterocycles. The maximum atomic E-state index is 11.6. The van der Waals surface area contributed by atoms with Crippen molar-refractivity contribution in [1.29, 1.82) is 0 Å². The number of rotatable bonds is 5. The molecule has 15 heavy (non-hydrogen) atoms. The number of carbonyl (C=O) groups excluding carboxylic acids is 1. The Morgan fingerprint density at radius 2 is 2.07 bits per heavy atom. The highest BCUT2D eigenvalue weighted by atomic mass is 79.9. The number of ketones is 1. The van der Waals surface area contributed by atoms with Crippen molar-refractivity contribution in [1.82, 2.24) is 0 Å². The minimum atomic E-state index is 0.292. The first kappa shape index (κ1) is 12.8. The summed E-state index contributed by atoms with van der Waals surface area (Å²) in [4.78, 5) is 11.6. The second kappa shape index (κ2) is 6.33. The minimum Gasteiger partial charge on any atom is -0.298 e. The lowest BCUT2D eigenvalue weighted by molar-refractivity contribution is -0.116. The maximum Gasteiger partial charge on any atom is 0.147 e. The Labute approximate surface area is 104 Å². The molecule has 0 saturated carbocycles. The van der Waals surface area contributed by atoms with E-state index in [1.807, 2.05) is 24.3 Å². The molecule has 0 unspecified atom stereocenters. The van der Waals surface area contributed by atoms with Gasteiger partial charge in [-0.15, -0.1) is 0 Å². The van der Waals surface area contributed by atoms with E-state index in [-0.39, 0.29) is 0 Å². The van der Waals surface area contributed by atoms with Crippen molar-refractivity contribution in [2.45, 2.75) is 25.5 Å². The van der Waals surface area contributed by atoms with Crippen LogP contribution in [0.3, 0.4) is 0 Å². The largest absolute Gasteiger partial charge is 0.298 e. The molecule has 0 bridgehead atoms. The van der Waals surface area contributed by atoms with Crippen molar-refractivity contribution in [2.24, 2.45) is 0 Å².